The summed E-state index contributed by atoms with van der Waals surface area (Å²) in [6, 6.07) is 12.6. The Balaban J connectivity index is 1.32. The third-order valence-electron chi connectivity index (χ3n) is 5.19. The van der Waals surface area contributed by atoms with Crippen molar-refractivity contribution in [3.63, 3.8) is 0 Å². The van der Waals surface area contributed by atoms with E-state index in [4.69, 9.17) is 4.74 Å². The van der Waals surface area contributed by atoms with E-state index in [9.17, 15) is 17.6 Å². The summed E-state index contributed by atoms with van der Waals surface area (Å²) in [5, 5.41) is 0. The van der Waals surface area contributed by atoms with Gasteiger partial charge in [-0.3, -0.25) is 4.79 Å². The Hall–Kier alpha value is -1.75. The number of hydrogen-bond donors (Lipinski definition) is 0. The first kappa shape index (κ1) is 22.4. The normalized spacial score (nSPS) is 18.3. The highest BCUT2D eigenvalue weighted by Gasteiger charge is 2.30. The molecule has 31 heavy (non-hydrogen) atoms. The average Bonchev–Trinajstić information content (AvgIpc) is 3.33. The van der Waals surface area contributed by atoms with E-state index >= 15 is 0 Å². The number of carbonyl (C=O) groups is 1. The van der Waals surface area contributed by atoms with Gasteiger partial charge in [0, 0.05) is 43.2 Å². The van der Waals surface area contributed by atoms with Crippen LogP contribution in [0.15, 0.2) is 53.4 Å². The van der Waals surface area contributed by atoms with Gasteiger partial charge in [-0.25, -0.2) is 12.8 Å². The fourth-order valence-corrected chi connectivity index (χ4v) is 7.84. The maximum Gasteiger partial charge on any atom is 0.260 e. The molecule has 0 bridgehead atoms. The predicted molar refractivity (Wildman–Crippen MR) is 121 cm³/mol. The van der Waals surface area contributed by atoms with Gasteiger partial charge in [0.05, 0.1) is 9.48 Å². The Labute approximate surface area is 190 Å². The minimum Gasteiger partial charge on any atom is -0.483 e. The van der Waals surface area contributed by atoms with Crippen molar-refractivity contribution >= 4 is 39.5 Å². The van der Waals surface area contributed by atoms with Crippen molar-refractivity contribution in [1.82, 2.24) is 9.21 Å². The van der Waals surface area contributed by atoms with E-state index in [1.54, 1.807) is 4.90 Å². The molecule has 10 heteroatoms. The number of hydrogen-bond acceptors (Lipinski definition) is 6. The summed E-state index contributed by atoms with van der Waals surface area (Å²) >= 11 is 3.76. The van der Waals surface area contributed by atoms with E-state index in [1.807, 2.05) is 47.8 Å². The summed E-state index contributed by atoms with van der Waals surface area (Å²) in [5.74, 6) is 2.28. The number of sulfonamides is 1. The van der Waals surface area contributed by atoms with Gasteiger partial charge in [-0.1, -0.05) is 18.2 Å². The van der Waals surface area contributed by atoms with Gasteiger partial charge in [-0.2, -0.15) is 4.31 Å². The number of amides is 1. The Kier molecular flexibility index (Phi) is 7.10. The van der Waals surface area contributed by atoms with Crippen LogP contribution in [0.4, 0.5) is 4.39 Å². The average molecular weight is 483 g/mol. The maximum absolute atomic E-state index is 13.1. The van der Waals surface area contributed by atoms with Crippen LogP contribution in [-0.4, -0.2) is 67.8 Å². The van der Waals surface area contributed by atoms with E-state index in [1.165, 1.54) is 16.4 Å². The van der Waals surface area contributed by atoms with E-state index in [-0.39, 0.29) is 30.5 Å². The first-order valence-corrected chi connectivity index (χ1v) is 13.5. The van der Waals surface area contributed by atoms with Crippen molar-refractivity contribution in [3.05, 3.63) is 59.9 Å². The van der Waals surface area contributed by atoms with Crippen molar-refractivity contribution in [1.29, 1.82) is 0 Å². The first-order valence-electron chi connectivity index (χ1n) is 9.93. The highest BCUT2D eigenvalue weighted by molar-refractivity contribution is 8.19. The molecule has 0 aromatic heterocycles. The molecule has 6 nitrogen and oxygen atoms in total. The molecule has 0 spiro atoms. The quantitative estimate of drug-likeness (QED) is 0.630. The monoisotopic (exact) mass is 482 g/mol. The summed E-state index contributed by atoms with van der Waals surface area (Å²) < 4.78 is 46.0. The lowest BCUT2D eigenvalue weighted by atomic mass is 10.2. The molecule has 2 aliphatic rings. The molecule has 2 heterocycles. The van der Waals surface area contributed by atoms with E-state index < -0.39 is 15.8 Å². The molecule has 2 saturated heterocycles. The second kappa shape index (κ2) is 9.81. The Morgan fingerprint density at radius 3 is 2.32 bits per heavy atom. The van der Waals surface area contributed by atoms with Crippen molar-refractivity contribution in [2.24, 2.45) is 0 Å². The molecule has 0 radical (unpaired) electrons. The molecule has 0 atom stereocenters. The maximum atomic E-state index is 13.1. The van der Waals surface area contributed by atoms with Gasteiger partial charge in [0.1, 0.15) is 11.6 Å². The van der Waals surface area contributed by atoms with Crippen LogP contribution in [0.5, 0.6) is 5.75 Å². The van der Waals surface area contributed by atoms with Gasteiger partial charge >= 0.3 is 0 Å². The van der Waals surface area contributed by atoms with Crippen molar-refractivity contribution in [2.75, 3.05) is 44.3 Å². The van der Waals surface area contributed by atoms with Crippen molar-refractivity contribution in [2.45, 2.75) is 9.48 Å². The lowest BCUT2D eigenvalue weighted by Gasteiger charge is -2.34. The third-order valence-corrected chi connectivity index (χ3v) is 10.2. The van der Waals surface area contributed by atoms with Gasteiger partial charge in [0.15, 0.2) is 6.61 Å². The lowest BCUT2D eigenvalue weighted by molar-refractivity contribution is -0.134. The number of benzene rings is 2. The standard InChI is InChI=1S/C21H23FN2O4S3/c22-16-5-7-17(8-6-16)31(26,27)24-11-9-23(10-12-24)20(25)15-28-19-4-2-1-3-18(19)21-29-13-14-30-21/h1-8,21H,9-15H2. The van der Waals surface area contributed by atoms with Gasteiger partial charge in [-0.05, 0) is 30.3 Å². The molecule has 1 amide bonds. The van der Waals surface area contributed by atoms with Crippen molar-refractivity contribution in [3.8, 4) is 5.75 Å². The highest BCUT2D eigenvalue weighted by Crippen LogP contribution is 2.48. The zero-order valence-electron chi connectivity index (χ0n) is 16.8. The zero-order chi connectivity index (χ0) is 21.8. The molecule has 0 N–H and O–H groups in total. The Morgan fingerprint density at radius 2 is 1.65 bits per heavy atom. The largest absolute Gasteiger partial charge is 0.483 e. The number of nitrogens with zero attached hydrogens (tertiary/aromatic N) is 2. The third kappa shape index (κ3) is 5.19. The topological polar surface area (TPSA) is 66.9 Å². The minimum absolute atomic E-state index is 0.0521. The molecule has 166 valence electrons. The van der Waals surface area contributed by atoms with Crippen LogP contribution in [0, 0.1) is 5.82 Å². The number of para-hydroxylation sites is 1. The molecule has 2 fully saturated rings. The van der Waals surface area contributed by atoms with E-state index in [0.717, 1.165) is 35.0 Å². The number of halogens is 1. The smallest absolute Gasteiger partial charge is 0.260 e. The predicted octanol–water partition coefficient (Wildman–Crippen LogP) is 3.22. The van der Waals surface area contributed by atoms with Crippen molar-refractivity contribution < 1.29 is 22.3 Å². The summed E-state index contributed by atoms with van der Waals surface area (Å²) in [5.41, 5.74) is 1.10. The van der Waals surface area contributed by atoms with Gasteiger partial charge in [0.2, 0.25) is 10.0 Å². The van der Waals surface area contributed by atoms with Gasteiger partial charge in [0.25, 0.3) is 5.91 Å². The molecule has 4 rings (SSSR count). The molecular formula is C21H23FN2O4S3. The zero-order valence-corrected chi connectivity index (χ0v) is 19.2. The highest BCUT2D eigenvalue weighted by atomic mass is 32.2. The molecule has 2 aliphatic heterocycles. The molecule has 2 aromatic carbocycles. The number of carbonyl (C=O) groups excluding carboxylic acids is 1. The second-order valence-electron chi connectivity index (χ2n) is 7.14. The van der Waals surface area contributed by atoms with Gasteiger partial charge < -0.3 is 9.64 Å². The molecule has 0 aliphatic carbocycles. The number of thioether (sulfide) groups is 2. The van der Waals surface area contributed by atoms with Crippen LogP contribution < -0.4 is 4.74 Å². The Morgan fingerprint density at radius 1 is 1.00 bits per heavy atom. The fourth-order valence-electron chi connectivity index (χ4n) is 3.51. The lowest BCUT2D eigenvalue weighted by Crippen LogP contribution is -2.51. The summed E-state index contributed by atoms with van der Waals surface area (Å²) in [6.07, 6.45) is 0. The molecule has 0 unspecified atom stereocenters. The first-order chi connectivity index (χ1) is 14.9. The van der Waals surface area contributed by atoms with E-state index in [2.05, 4.69) is 0 Å². The number of ether oxygens (including phenoxy) is 1. The van der Waals surface area contributed by atoms with Crippen LogP contribution >= 0.6 is 23.5 Å². The molecule has 2 aromatic rings. The summed E-state index contributed by atoms with van der Waals surface area (Å²) in [6.45, 7) is 0.885. The molecular weight excluding hydrogens is 459 g/mol. The van der Waals surface area contributed by atoms with Crippen LogP contribution in [0.2, 0.25) is 0 Å². The van der Waals surface area contributed by atoms with Crippen LogP contribution in [0.3, 0.4) is 0 Å². The van der Waals surface area contributed by atoms with E-state index in [0.29, 0.717) is 17.7 Å². The summed E-state index contributed by atoms with van der Waals surface area (Å²) in [7, 11) is -3.71. The fraction of sp³-hybridized carbons (Fsp3) is 0.381. The number of rotatable bonds is 6. The van der Waals surface area contributed by atoms with Crippen LogP contribution in [-0.2, 0) is 14.8 Å². The minimum atomic E-state index is -3.71. The second-order valence-corrected chi connectivity index (χ2v) is 11.8. The van der Waals surface area contributed by atoms with Crippen LogP contribution in [0.1, 0.15) is 10.1 Å². The van der Waals surface area contributed by atoms with Gasteiger partial charge in [-0.15, -0.1) is 23.5 Å². The summed E-state index contributed by atoms with van der Waals surface area (Å²) in [4.78, 5) is 14.3. The molecule has 0 saturated carbocycles. The van der Waals surface area contributed by atoms with Crippen LogP contribution in [0.25, 0.3) is 0 Å². The Bertz CT molecular complexity index is 1020. The SMILES string of the molecule is O=C(COc1ccccc1C1SCCS1)N1CCN(S(=O)(=O)c2ccc(F)cc2)CC1. The number of piperazine rings is 1.